The Hall–Kier alpha value is -1.62. The Morgan fingerprint density at radius 2 is 2.19 bits per heavy atom. The van der Waals surface area contributed by atoms with Gasteiger partial charge in [-0.2, -0.15) is 0 Å². The zero-order chi connectivity index (χ0) is 15.2. The Bertz CT molecular complexity index is 490. The predicted octanol–water partition coefficient (Wildman–Crippen LogP) is 3.49. The second-order valence-corrected chi connectivity index (χ2v) is 5.80. The largest absolute Gasteiger partial charge is 0.391 e. The molecule has 0 spiro atoms. The molecule has 1 heterocycles. The molecule has 1 saturated heterocycles. The highest BCUT2D eigenvalue weighted by Gasteiger charge is 2.19. The van der Waals surface area contributed by atoms with Crippen LogP contribution in [0.25, 0.3) is 0 Å². The van der Waals surface area contributed by atoms with Gasteiger partial charge in [-0.3, -0.25) is 10.1 Å². The second kappa shape index (κ2) is 7.41. The first kappa shape index (κ1) is 15.8. The molecule has 1 atom stereocenters. The molecular formula is C16H24N2O3. The molecule has 116 valence electrons. The maximum atomic E-state index is 10.9. The van der Waals surface area contributed by atoms with Gasteiger partial charge in [-0.15, -0.1) is 0 Å². The van der Waals surface area contributed by atoms with Crippen LogP contribution < -0.4 is 4.90 Å². The van der Waals surface area contributed by atoms with Gasteiger partial charge in [0.1, 0.15) is 0 Å². The SMILES string of the molecule is CCCC1CCCN(c2ccc([N+](=O)[O-])c(CO)c2)CC1. The average molecular weight is 292 g/mol. The van der Waals surface area contributed by atoms with Crippen LogP contribution in [0.5, 0.6) is 0 Å². The highest BCUT2D eigenvalue weighted by atomic mass is 16.6. The van der Waals surface area contributed by atoms with E-state index in [1.165, 1.54) is 31.7 Å². The Kier molecular flexibility index (Phi) is 5.56. The minimum Gasteiger partial charge on any atom is -0.391 e. The topological polar surface area (TPSA) is 66.6 Å². The minimum atomic E-state index is -0.435. The van der Waals surface area contributed by atoms with Crippen molar-refractivity contribution in [1.82, 2.24) is 0 Å². The van der Waals surface area contributed by atoms with Crippen molar-refractivity contribution in [2.45, 2.75) is 45.6 Å². The number of nitro benzene ring substituents is 1. The van der Waals surface area contributed by atoms with E-state index >= 15 is 0 Å². The van der Waals surface area contributed by atoms with Crippen molar-refractivity contribution in [1.29, 1.82) is 0 Å². The first-order chi connectivity index (χ1) is 10.2. The number of aliphatic hydroxyl groups excluding tert-OH is 1. The van der Waals surface area contributed by atoms with Crippen molar-refractivity contribution in [3.05, 3.63) is 33.9 Å². The van der Waals surface area contributed by atoms with Gasteiger partial charge in [-0.1, -0.05) is 19.8 Å². The van der Waals surface area contributed by atoms with Crippen molar-refractivity contribution in [2.24, 2.45) is 5.92 Å². The van der Waals surface area contributed by atoms with Crippen molar-refractivity contribution >= 4 is 11.4 Å². The summed E-state index contributed by atoms with van der Waals surface area (Å²) in [5, 5.41) is 20.3. The molecule has 1 aromatic carbocycles. The minimum absolute atomic E-state index is 0.0000635. The number of hydrogen-bond acceptors (Lipinski definition) is 4. The summed E-state index contributed by atoms with van der Waals surface area (Å²) >= 11 is 0. The van der Waals surface area contributed by atoms with E-state index in [1.807, 2.05) is 0 Å². The number of nitrogens with zero attached hydrogens (tertiary/aromatic N) is 2. The maximum absolute atomic E-state index is 10.9. The zero-order valence-electron chi connectivity index (χ0n) is 12.6. The van der Waals surface area contributed by atoms with E-state index < -0.39 is 4.92 Å². The van der Waals surface area contributed by atoms with Crippen LogP contribution in [-0.4, -0.2) is 23.1 Å². The molecule has 5 heteroatoms. The van der Waals surface area contributed by atoms with Crippen molar-refractivity contribution in [2.75, 3.05) is 18.0 Å². The lowest BCUT2D eigenvalue weighted by Crippen LogP contribution is -2.24. The Morgan fingerprint density at radius 3 is 2.86 bits per heavy atom. The van der Waals surface area contributed by atoms with Crippen LogP contribution in [0.2, 0.25) is 0 Å². The summed E-state index contributed by atoms with van der Waals surface area (Å²) in [6.07, 6.45) is 6.13. The van der Waals surface area contributed by atoms with Gasteiger partial charge in [0.25, 0.3) is 5.69 Å². The predicted molar refractivity (Wildman–Crippen MR) is 83.5 cm³/mol. The Balaban J connectivity index is 2.12. The molecule has 5 nitrogen and oxygen atoms in total. The summed E-state index contributed by atoms with van der Waals surface area (Å²) in [4.78, 5) is 12.8. The van der Waals surface area contributed by atoms with Crippen LogP contribution in [0.4, 0.5) is 11.4 Å². The third-order valence-electron chi connectivity index (χ3n) is 4.34. The third-order valence-corrected chi connectivity index (χ3v) is 4.34. The monoisotopic (exact) mass is 292 g/mol. The normalized spacial score (nSPS) is 19.3. The quantitative estimate of drug-likeness (QED) is 0.666. The molecule has 0 amide bonds. The number of anilines is 1. The molecular weight excluding hydrogens is 268 g/mol. The van der Waals surface area contributed by atoms with E-state index in [4.69, 9.17) is 0 Å². The summed E-state index contributed by atoms with van der Waals surface area (Å²) in [6.45, 7) is 3.92. The fourth-order valence-electron chi connectivity index (χ4n) is 3.19. The summed E-state index contributed by atoms with van der Waals surface area (Å²) in [5.41, 5.74) is 1.38. The van der Waals surface area contributed by atoms with Crippen LogP contribution in [0, 0.1) is 16.0 Å². The van der Waals surface area contributed by atoms with Gasteiger partial charge in [-0.25, -0.2) is 0 Å². The molecule has 0 aliphatic carbocycles. The van der Waals surface area contributed by atoms with Gasteiger partial charge < -0.3 is 10.0 Å². The van der Waals surface area contributed by atoms with Crippen molar-refractivity contribution in [3.8, 4) is 0 Å². The lowest BCUT2D eigenvalue weighted by Gasteiger charge is -2.23. The van der Waals surface area contributed by atoms with Crippen LogP contribution in [0.3, 0.4) is 0 Å². The molecule has 0 bridgehead atoms. The summed E-state index contributed by atoms with van der Waals surface area (Å²) < 4.78 is 0. The van der Waals surface area contributed by atoms with E-state index in [1.54, 1.807) is 12.1 Å². The molecule has 0 saturated carbocycles. The van der Waals surface area contributed by atoms with E-state index in [2.05, 4.69) is 11.8 Å². The summed E-state index contributed by atoms with van der Waals surface area (Å²) in [5.74, 6) is 0.801. The smallest absolute Gasteiger partial charge is 0.275 e. The number of aliphatic hydroxyl groups is 1. The molecule has 1 unspecified atom stereocenters. The van der Waals surface area contributed by atoms with Crippen LogP contribution in [0.15, 0.2) is 18.2 Å². The van der Waals surface area contributed by atoms with Gasteiger partial charge in [0.15, 0.2) is 0 Å². The van der Waals surface area contributed by atoms with Gasteiger partial charge in [0.05, 0.1) is 17.1 Å². The van der Waals surface area contributed by atoms with E-state index in [0.29, 0.717) is 5.56 Å². The van der Waals surface area contributed by atoms with Crippen molar-refractivity contribution in [3.63, 3.8) is 0 Å². The number of nitro groups is 1. The lowest BCUT2D eigenvalue weighted by atomic mass is 9.96. The molecule has 1 aromatic rings. The molecule has 1 N–H and O–H groups in total. The first-order valence-corrected chi connectivity index (χ1v) is 7.78. The van der Waals surface area contributed by atoms with Gasteiger partial charge in [-0.05, 0) is 37.3 Å². The van der Waals surface area contributed by atoms with E-state index in [-0.39, 0.29) is 12.3 Å². The Labute approximate surface area is 125 Å². The highest BCUT2D eigenvalue weighted by Crippen LogP contribution is 2.29. The Morgan fingerprint density at radius 1 is 1.38 bits per heavy atom. The zero-order valence-corrected chi connectivity index (χ0v) is 12.6. The fraction of sp³-hybridized carbons (Fsp3) is 0.625. The average Bonchev–Trinajstić information content (AvgIpc) is 2.72. The molecule has 1 fully saturated rings. The molecule has 1 aliphatic rings. The lowest BCUT2D eigenvalue weighted by molar-refractivity contribution is -0.385. The van der Waals surface area contributed by atoms with Crippen LogP contribution in [0.1, 0.15) is 44.6 Å². The number of hydrogen-bond donors (Lipinski definition) is 1. The van der Waals surface area contributed by atoms with E-state index in [0.717, 1.165) is 31.1 Å². The molecule has 21 heavy (non-hydrogen) atoms. The third kappa shape index (κ3) is 3.94. The molecule has 2 rings (SSSR count). The number of rotatable bonds is 5. The van der Waals surface area contributed by atoms with Crippen LogP contribution in [-0.2, 0) is 6.61 Å². The summed E-state index contributed by atoms with van der Waals surface area (Å²) in [6, 6.07) is 5.07. The molecule has 0 radical (unpaired) electrons. The first-order valence-electron chi connectivity index (χ1n) is 7.78. The van der Waals surface area contributed by atoms with E-state index in [9.17, 15) is 15.2 Å². The van der Waals surface area contributed by atoms with Crippen molar-refractivity contribution < 1.29 is 10.0 Å². The van der Waals surface area contributed by atoms with Gasteiger partial charge in [0.2, 0.25) is 0 Å². The number of benzene rings is 1. The maximum Gasteiger partial charge on any atom is 0.275 e. The van der Waals surface area contributed by atoms with Gasteiger partial charge in [0, 0.05) is 24.8 Å². The second-order valence-electron chi connectivity index (χ2n) is 5.80. The van der Waals surface area contributed by atoms with Crippen LogP contribution >= 0.6 is 0 Å². The highest BCUT2D eigenvalue weighted by molar-refractivity contribution is 5.55. The fourth-order valence-corrected chi connectivity index (χ4v) is 3.19. The van der Waals surface area contributed by atoms with Gasteiger partial charge >= 0.3 is 0 Å². The molecule has 1 aliphatic heterocycles. The summed E-state index contributed by atoms with van der Waals surface area (Å²) in [7, 11) is 0. The molecule has 0 aromatic heterocycles. The standard InChI is InChI=1S/C16H24N2O3/c1-2-4-13-5-3-9-17(10-8-13)15-6-7-16(18(20)21)14(11-15)12-19/h6-7,11,13,19H,2-5,8-10,12H2,1H3.